The molecule has 6 rings (SSSR count). The molecule has 0 amide bonds. The van der Waals surface area contributed by atoms with Gasteiger partial charge in [-0.2, -0.15) is 0 Å². The molecule has 1 aromatic carbocycles. The number of para-hydroxylation sites is 1. The van der Waals surface area contributed by atoms with Crippen molar-refractivity contribution in [2.24, 2.45) is 0 Å². The number of rotatable bonds is 1. The fraction of sp³-hybridized carbons (Fsp3) is 0.350. The molecule has 23 heavy (non-hydrogen) atoms. The summed E-state index contributed by atoms with van der Waals surface area (Å²) in [5.74, 6) is 0.708. The number of benzene rings is 1. The van der Waals surface area contributed by atoms with Crippen molar-refractivity contribution in [3.05, 3.63) is 53.5 Å². The molecule has 1 fully saturated rings. The average Bonchev–Trinajstić information content (AvgIpc) is 2.76. The second-order valence-electron chi connectivity index (χ2n) is 6.98. The highest BCUT2D eigenvalue weighted by Gasteiger charge is 2.30. The van der Waals surface area contributed by atoms with Crippen molar-refractivity contribution < 1.29 is 0 Å². The van der Waals surface area contributed by atoms with Crippen LogP contribution in [0, 0.1) is 6.92 Å². The summed E-state index contributed by atoms with van der Waals surface area (Å²) >= 11 is 0. The molecule has 3 aliphatic heterocycles. The largest absolute Gasteiger partial charge is 0.357 e. The summed E-state index contributed by atoms with van der Waals surface area (Å²) in [7, 11) is 0. The van der Waals surface area contributed by atoms with Crippen LogP contribution >= 0.6 is 0 Å². The zero-order valence-corrected chi connectivity index (χ0v) is 13.5. The molecule has 0 aliphatic carbocycles. The molecule has 0 radical (unpaired) electrons. The van der Waals surface area contributed by atoms with Gasteiger partial charge in [-0.3, -0.25) is 9.88 Å². The number of piperidine rings is 1. The third-order valence-electron chi connectivity index (χ3n) is 5.57. The molecule has 3 heteroatoms. The number of hydrogen-bond acceptors (Lipinski definition) is 2. The van der Waals surface area contributed by atoms with Crippen LogP contribution in [0.25, 0.3) is 22.0 Å². The van der Waals surface area contributed by atoms with Crippen LogP contribution in [0.5, 0.6) is 0 Å². The molecule has 116 valence electrons. The third kappa shape index (κ3) is 2.03. The van der Waals surface area contributed by atoms with Gasteiger partial charge in [0.2, 0.25) is 0 Å². The first-order chi connectivity index (χ1) is 11.3. The lowest BCUT2D eigenvalue weighted by molar-refractivity contribution is 0.220. The predicted octanol–water partition coefficient (Wildman–Crippen LogP) is 4.23. The van der Waals surface area contributed by atoms with Gasteiger partial charge in [-0.15, -0.1) is 0 Å². The third-order valence-corrected chi connectivity index (χ3v) is 5.57. The Morgan fingerprint density at radius 1 is 1.13 bits per heavy atom. The Morgan fingerprint density at radius 3 is 2.78 bits per heavy atom. The lowest BCUT2D eigenvalue weighted by Crippen LogP contribution is -2.28. The van der Waals surface area contributed by atoms with E-state index in [1.165, 1.54) is 59.2 Å². The number of nitrogens with one attached hydrogen (secondary N) is 1. The summed E-state index contributed by atoms with van der Waals surface area (Å²) in [5, 5.41) is 1.40. The smallest absolute Gasteiger partial charge is 0.0539 e. The van der Waals surface area contributed by atoms with Gasteiger partial charge in [-0.1, -0.05) is 24.3 Å². The summed E-state index contributed by atoms with van der Waals surface area (Å²) in [5.41, 5.74) is 7.84. The Bertz CT molecular complexity index is 868. The minimum absolute atomic E-state index is 0.708. The lowest BCUT2D eigenvalue weighted by atomic mass is 9.94. The number of pyridine rings is 1. The van der Waals surface area contributed by atoms with E-state index in [4.69, 9.17) is 0 Å². The molecule has 3 aromatic rings. The zero-order chi connectivity index (χ0) is 15.4. The van der Waals surface area contributed by atoms with Crippen LogP contribution in [0.3, 0.4) is 0 Å². The highest BCUT2D eigenvalue weighted by molar-refractivity contribution is 5.97. The molecular formula is C20H21N3. The fourth-order valence-electron chi connectivity index (χ4n) is 4.28. The molecule has 3 aliphatic rings. The fourth-order valence-corrected chi connectivity index (χ4v) is 4.28. The van der Waals surface area contributed by atoms with E-state index in [1.807, 2.05) is 13.1 Å². The monoisotopic (exact) mass is 303 g/mol. The van der Waals surface area contributed by atoms with Crippen LogP contribution in [0.4, 0.5) is 0 Å². The van der Waals surface area contributed by atoms with E-state index in [2.05, 4.69) is 45.2 Å². The molecule has 0 spiro atoms. The van der Waals surface area contributed by atoms with Crippen LogP contribution in [-0.2, 0) is 6.54 Å². The molecule has 1 N–H and O–H groups in total. The Balaban J connectivity index is 1.73. The maximum Gasteiger partial charge on any atom is 0.0539 e. The predicted molar refractivity (Wildman–Crippen MR) is 93.5 cm³/mol. The molecule has 5 heterocycles. The molecular weight excluding hydrogens is 282 g/mol. The topological polar surface area (TPSA) is 31.9 Å². The van der Waals surface area contributed by atoms with Crippen molar-refractivity contribution >= 4 is 10.9 Å². The Labute approximate surface area is 136 Å². The van der Waals surface area contributed by atoms with E-state index < -0.39 is 0 Å². The Kier molecular flexibility index (Phi) is 2.86. The highest BCUT2D eigenvalue weighted by atomic mass is 15.1. The number of aromatic nitrogens is 2. The van der Waals surface area contributed by atoms with Crippen LogP contribution in [0.1, 0.15) is 35.7 Å². The number of nitrogens with zero attached hydrogens (tertiary/aromatic N) is 2. The van der Waals surface area contributed by atoms with Crippen LogP contribution in [0.15, 0.2) is 36.5 Å². The van der Waals surface area contributed by atoms with Gasteiger partial charge in [0.05, 0.1) is 5.52 Å². The second-order valence-corrected chi connectivity index (χ2v) is 6.98. The number of aromatic amines is 1. The second kappa shape index (κ2) is 4.93. The zero-order valence-electron chi connectivity index (χ0n) is 13.5. The first-order valence-electron chi connectivity index (χ1n) is 8.58. The van der Waals surface area contributed by atoms with Gasteiger partial charge in [0.15, 0.2) is 0 Å². The van der Waals surface area contributed by atoms with E-state index >= 15 is 0 Å². The lowest BCUT2D eigenvalue weighted by Gasteiger charge is -2.26. The first-order valence-corrected chi connectivity index (χ1v) is 8.58. The molecule has 2 aromatic heterocycles. The minimum atomic E-state index is 0.708. The number of H-pyrrole nitrogens is 1. The molecule has 1 saturated heterocycles. The van der Waals surface area contributed by atoms with Crippen molar-refractivity contribution in [1.29, 1.82) is 0 Å². The normalized spacial score (nSPS) is 23.0. The van der Waals surface area contributed by atoms with Crippen LogP contribution in [0.2, 0.25) is 0 Å². The summed E-state index contributed by atoms with van der Waals surface area (Å²) in [6.45, 7) is 5.63. The van der Waals surface area contributed by atoms with Crippen molar-refractivity contribution in [3.63, 3.8) is 0 Å². The minimum Gasteiger partial charge on any atom is -0.357 e. The van der Waals surface area contributed by atoms with E-state index in [9.17, 15) is 0 Å². The molecule has 3 nitrogen and oxygen atoms in total. The van der Waals surface area contributed by atoms with Crippen LogP contribution < -0.4 is 0 Å². The van der Waals surface area contributed by atoms with E-state index in [-0.39, 0.29) is 0 Å². The van der Waals surface area contributed by atoms with Crippen molar-refractivity contribution in [2.75, 3.05) is 13.1 Å². The maximum atomic E-state index is 4.48. The molecule has 0 unspecified atom stereocenters. The van der Waals surface area contributed by atoms with E-state index in [0.717, 1.165) is 12.2 Å². The standard InChI is InChI=1S/C20H21N3/c1-13-5-6-15(11-21-13)16-3-2-4-17-18-12-23-9-7-14(8-10-23)19(18)22-20(16)17/h2-6,11,14,22H,7-10,12H2,1H3. The Morgan fingerprint density at radius 2 is 2.00 bits per heavy atom. The average molecular weight is 303 g/mol. The summed E-state index contributed by atoms with van der Waals surface area (Å²) in [6.07, 6.45) is 4.58. The van der Waals surface area contributed by atoms with Gasteiger partial charge in [0.1, 0.15) is 0 Å². The number of fused-ring (bicyclic) bond motifs is 3. The van der Waals surface area contributed by atoms with Gasteiger partial charge in [-0.05, 0) is 44.5 Å². The van der Waals surface area contributed by atoms with Gasteiger partial charge >= 0.3 is 0 Å². The molecule has 0 atom stereocenters. The van der Waals surface area contributed by atoms with Gasteiger partial charge in [0, 0.05) is 46.6 Å². The van der Waals surface area contributed by atoms with E-state index in [0.29, 0.717) is 5.92 Å². The van der Waals surface area contributed by atoms with E-state index in [1.54, 1.807) is 0 Å². The molecule has 0 saturated carbocycles. The van der Waals surface area contributed by atoms with Crippen molar-refractivity contribution in [1.82, 2.24) is 14.9 Å². The summed E-state index contributed by atoms with van der Waals surface area (Å²) in [4.78, 5) is 10.9. The van der Waals surface area contributed by atoms with Gasteiger partial charge in [0.25, 0.3) is 0 Å². The van der Waals surface area contributed by atoms with Crippen molar-refractivity contribution in [3.8, 4) is 11.1 Å². The number of aryl methyl sites for hydroxylation is 1. The summed E-state index contributed by atoms with van der Waals surface area (Å²) in [6, 6.07) is 11.0. The summed E-state index contributed by atoms with van der Waals surface area (Å²) < 4.78 is 0. The van der Waals surface area contributed by atoms with Crippen molar-refractivity contribution in [2.45, 2.75) is 32.2 Å². The Hall–Kier alpha value is -2.13. The van der Waals surface area contributed by atoms with Gasteiger partial charge < -0.3 is 4.98 Å². The SMILES string of the molecule is Cc1ccc(-c2cccc3c4c([nH]c23)C2CCN(CC2)C4)cn1. The van der Waals surface area contributed by atoms with Crippen LogP contribution in [-0.4, -0.2) is 28.0 Å². The molecule has 2 bridgehead atoms. The number of hydrogen-bond donors (Lipinski definition) is 1. The quantitative estimate of drug-likeness (QED) is 0.729. The maximum absolute atomic E-state index is 4.48. The first kappa shape index (κ1) is 13.3. The van der Waals surface area contributed by atoms with Gasteiger partial charge in [-0.25, -0.2) is 0 Å². The highest BCUT2D eigenvalue weighted by Crippen LogP contribution is 2.40.